The van der Waals surface area contributed by atoms with Crippen LogP contribution in [0, 0.1) is 12.3 Å². The number of rotatable bonds is 4. The molecule has 1 aromatic rings. The van der Waals surface area contributed by atoms with Crippen molar-refractivity contribution in [1.82, 2.24) is 0 Å². The van der Waals surface area contributed by atoms with E-state index in [1.54, 1.807) is 18.2 Å². The van der Waals surface area contributed by atoms with Crippen molar-refractivity contribution in [2.75, 3.05) is 0 Å². The lowest BCUT2D eigenvalue weighted by atomic mass is 9.94. The molecule has 5 N–H and O–H groups in total. The van der Waals surface area contributed by atoms with Crippen molar-refractivity contribution in [3.05, 3.63) is 77.0 Å². The predicted octanol–water partition coefficient (Wildman–Crippen LogP) is 3.36. The molecule has 2 rings (SSSR count). The van der Waals surface area contributed by atoms with Crippen LogP contribution in [-0.2, 0) is 0 Å². The standard InChI is InChI=1S/C18H20FN3/c1-11-4-3-5-15(12(2)20)18(11)17(22)10-16(21)13-6-8-14(19)9-7-13/h3-8,10,14,22H,2,9,20-21H2,1H3/b16-10-,22-17?. The van der Waals surface area contributed by atoms with Crippen LogP contribution < -0.4 is 11.5 Å². The molecule has 0 radical (unpaired) electrons. The third-order valence-electron chi connectivity index (χ3n) is 3.57. The Morgan fingerprint density at radius 1 is 1.41 bits per heavy atom. The summed E-state index contributed by atoms with van der Waals surface area (Å²) in [5.74, 6) is 0. The average molecular weight is 297 g/mol. The van der Waals surface area contributed by atoms with Crippen molar-refractivity contribution in [2.24, 2.45) is 11.5 Å². The number of hydrogen-bond acceptors (Lipinski definition) is 3. The summed E-state index contributed by atoms with van der Waals surface area (Å²) in [4.78, 5) is 0. The second kappa shape index (κ2) is 6.43. The molecular formula is C18H20FN3. The van der Waals surface area contributed by atoms with E-state index in [4.69, 9.17) is 16.9 Å². The highest BCUT2D eigenvalue weighted by Crippen LogP contribution is 2.22. The van der Waals surface area contributed by atoms with Crippen LogP contribution in [0.3, 0.4) is 0 Å². The quantitative estimate of drug-likeness (QED) is 0.745. The fraction of sp³-hybridized carbons (Fsp3) is 0.167. The van der Waals surface area contributed by atoms with Crippen LogP contribution in [-0.4, -0.2) is 11.9 Å². The van der Waals surface area contributed by atoms with Gasteiger partial charge in [0, 0.05) is 28.9 Å². The van der Waals surface area contributed by atoms with Gasteiger partial charge in [0.2, 0.25) is 0 Å². The average Bonchev–Trinajstić information content (AvgIpc) is 2.47. The topological polar surface area (TPSA) is 75.9 Å². The van der Waals surface area contributed by atoms with Gasteiger partial charge in [0.05, 0.1) is 5.71 Å². The van der Waals surface area contributed by atoms with Gasteiger partial charge in [-0.15, -0.1) is 0 Å². The monoisotopic (exact) mass is 297 g/mol. The molecule has 0 heterocycles. The fourth-order valence-corrected chi connectivity index (χ4v) is 2.41. The number of allylic oxidation sites excluding steroid dienone is 4. The van der Waals surface area contributed by atoms with Crippen LogP contribution in [0.5, 0.6) is 0 Å². The summed E-state index contributed by atoms with van der Waals surface area (Å²) < 4.78 is 13.1. The molecule has 0 saturated heterocycles. The van der Waals surface area contributed by atoms with Crippen LogP contribution in [0.25, 0.3) is 5.70 Å². The van der Waals surface area contributed by atoms with Crippen molar-refractivity contribution in [3.8, 4) is 0 Å². The molecule has 22 heavy (non-hydrogen) atoms. The molecule has 1 atom stereocenters. The largest absolute Gasteiger partial charge is 0.399 e. The van der Waals surface area contributed by atoms with Crippen molar-refractivity contribution in [2.45, 2.75) is 19.5 Å². The minimum absolute atomic E-state index is 0.258. The SMILES string of the molecule is C=C(N)c1cccc(C)c1C(=N)/C=C(\N)C1=CCC(F)C=C1. The highest BCUT2D eigenvalue weighted by atomic mass is 19.1. The summed E-state index contributed by atoms with van der Waals surface area (Å²) in [7, 11) is 0. The first kappa shape index (κ1) is 15.8. The molecule has 4 heteroatoms. The van der Waals surface area contributed by atoms with E-state index in [1.807, 2.05) is 25.1 Å². The Morgan fingerprint density at radius 3 is 2.73 bits per heavy atom. The van der Waals surface area contributed by atoms with Crippen molar-refractivity contribution in [3.63, 3.8) is 0 Å². The van der Waals surface area contributed by atoms with E-state index in [9.17, 15) is 4.39 Å². The van der Waals surface area contributed by atoms with E-state index in [-0.39, 0.29) is 5.71 Å². The van der Waals surface area contributed by atoms with E-state index in [0.29, 0.717) is 23.4 Å². The van der Waals surface area contributed by atoms with Crippen LogP contribution in [0.4, 0.5) is 4.39 Å². The Hall–Kier alpha value is -2.62. The summed E-state index contributed by atoms with van der Waals surface area (Å²) in [6.07, 6.45) is 5.78. The smallest absolute Gasteiger partial charge is 0.122 e. The number of halogens is 1. The summed E-state index contributed by atoms with van der Waals surface area (Å²) >= 11 is 0. The summed E-state index contributed by atoms with van der Waals surface area (Å²) in [5, 5.41) is 8.31. The first-order valence-electron chi connectivity index (χ1n) is 7.03. The Morgan fingerprint density at radius 2 is 2.14 bits per heavy atom. The molecule has 3 nitrogen and oxygen atoms in total. The number of alkyl halides is 1. The zero-order chi connectivity index (χ0) is 16.3. The Balaban J connectivity index is 2.35. The van der Waals surface area contributed by atoms with Gasteiger partial charge >= 0.3 is 0 Å². The lowest BCUT2D eigenvalue weighted by molar-refractivity contribution is 0.401. The van der Waals surface area contributed by atoms with Crippen molar-refractivity contribution in [1.29, 1.82) is 5.41 Å². The lowest BCUT2D eigenvalue weighted by Gasteiger charge is -2.13. The summed E-state index contributed by atoms with van der Waals surface area (Å²) in [6, 6.07) is 5.62. The van der Waals surface area contributed by atoms with Gasteiger partial charge in [-0.3, -0.25) is 0 Å². The van der Waals surface area contributed by atoms with Crippen LogP contribution in [0.1, 0.15) is 23.1 Å². The molecule has 0 aliphatic heterocycles. The number of benzene rings is 1. The zero-order valence-corrected chi connectivity index (χ0v) is 12.6. The van der Waals surface area contributed by atoms with Crippen LogP contribution in [0.2, 0.25) is 0 Å². The molecule has 0 spiro atoms. The molecular weight excluding hydrogens is 277 g/mol. The third kappa shape index (κ3) is 3.34. The zero-order valence-electron chi connectivity index (χ0n) is 12.6. The fourth-order valence-electron chi connectivity index (χ4n) is 2.41. The van der Waals surface area contributed by atoms with Crippen LogP contribution >= 0.6 is 0 Å². The second-order valence-corrected chi connectivity index (χ2v) is 5.31. The summed E-state index contributed by atoms with van der Waals surface area (Å²) in [6.45, 7) is 5.66. The van der Waals surface area contributed by atoms with Crippen molar-refractivity contribution < 1.29 is 4.39 Å². The van der Waals surface area contributed by atoms with Gasteiger partial charge in [0.25, 0.3) is 0 Å². The van der Waals surface area contributed by atoms with Gasteiger partial charge in [-0.25, -0.2) is 4.39 Å². The van der Waals surface area contributed by atoms with Gasteiger partial charge in [-0.1, -0.05) is 36.9 Å². The lowest BCUT2D eigenvalue weighted by Crippen LogP contribution is -2.11. The molecule has 0 bridgehead atoms. The minimum atomic E-state index is -0.959. The van der Waals surface area contributed by atoms with Gasteiger partial charge in [-0.2, -0.15) is 0 Å². The van der Waals surface area contributed by atoms with E-state index >= 15 is 0 Å². The highest BCUT2D eigenvalue weighted by Gasteiger charge is 2.13. The molecule has 0 saturated carbocycles. The Labute approximate surface area is 130 Å². The maximum absolute atomic E-state index is 13.1. The van der Waals surface area contributed by atoms with E-state index < -0.39 is 6.17 Å². The molecule has 0 fully saturated rings. The van der Waals surface area contributed by atoms with Crippen LogP contribution in [0.15, 0.2) is 60.4 Å². The Bertz CT molecular complexity index is 711. The van der Waals surface area contributed by atoms with Gasteiger partial charge in [-0.05, 0) is 30.2 Å². The molecule has 1 aliphatic carbocycles. The molecule has 1 unspecified atom stereocenters. The van der Waals surface area contributed by atoms with Crippen molar-refractivity contribution >= 4 is 11.4 Å². The van der Waals surface area contributed by atoms with Gasteiger partial charge in [0.1, 0.15) is 6.17 Å². The van der Waals surface area contributed by atoms with Gasteiger partial charge in [0.15, 0.2) is 0 Å². The molecule has 1 aromatic carbocycles. The predicted molar refractivity (Wildman–Crippen MR) is 90.2 cm³/mol. The first-order chi connectivity index (χ1) is 10.4. The number of nitrogens with one attached hydrogen (secondary N) is 1. The minimum Gasteiger partial charge on any atom is -0.399 e. The van der Waals surface area contributed by atoms with E-state index in [1.165, 1.54) is 6.08 Å². The molecule has 114 valence electrons. The maximum Gasteiger partial charge on any atom is 0.122 e. The van der Waals surface area contributed by atoms with Gasteiger partial charge < -0.3 is 16.9 Å². The number of aryl methyl sites for hydroxylation is 1. The van der Waals surface area contributed by atoms with E-state index in [2.05, 4.69) is 6.58 Å². The maximum atomic E-state index is 13.1. The summed E-state index contributed by atoms with van der Waals surface area (Å²) in [5.41, 5.74) is 16.0. The molecule has 0 amide bonds. The third-order valence-corrected chi connectivity index (χ3v) is 3.57. The highest BCUT2D eigenvalue weighted by molar-refractivity contribution is 6.11. The van der Waals surface area contributed by atoms with E-state index in [0.717, 1.165) is 16.7 Å². The molecule has 0 aromatic heterocycles. The first-order valence-corrected chi connectivity index (χ1v) is 7.03. The number of nitrogens with two attached hydrogens (primary N) is 2. The second-order valence-electron chi connectivity index (χ2n) is 5.31. The number of hydrogen-bond donors (Lipinski definition) is 3. The normalized spacial score (nSPS) is 18.0. The Kier molecular flexibility index (Phi) is 4.61. The molecule has 1 aliphatic rings.